The van der Waals surface area contributed by atoms with Crippen LogP contribution in [0.5, 0.6) is 0 Å². The van der Waals surface area contributed by atoms with Crippen molar-refractivity contribution in [2.75, 3.05) is 0 Å². The smallest absolute Gasteiger partial charge is 0.269 e. The fourth-order valence-electron chi connectivity index (χ4n) is 1.83. The second-order valence-corrected chi connectivity index (χ2v) is 6.22. The topological polar surface area (TPSA) is 69.6 Å². The zero-order valence-electron chi connectivity index (χ0n) is 11.4. The predicted octanol–water partition coefficient (Wildman–Crippen LogP) is 1.88. The zero-order chi connectivity index (χ0) is 16.1. The summed E-state index contributed by atoms with van der Waals surface area (Å²) in [6, 6.07) is 11.2. The highest BCUT2D eigenvalue weighted by molar-refractivity contribution is 9.10. The van der Waals surface area contributed by atoms with Gasteiger partial charge in [-0.1, -0.05) is 34.1 Å². The van der Waals surface area contributed by atoms with Gasteiger partial charge in [-0.15, -0.1) is 17.9 Å². The molecule has 0 amide bonds. The minimum Gasteiger partial charge on any atom is -0.293 e. The largest absolute Gasteiger partial charge is 0.293 e. The van der Waals surface area contributed by atoms with Gasteiger partial charge in [-0.3, -0.25) is 9.36 Å². The van der Waals surface area contributed by atoms with Gasteiger partial charge in [0.05, 0.1) is 4.53 Å². The maximum Gasteiger partial charge on any atom is 0.269 e. The highest BCUT2D eigenvalue weighted by Gasteiger charge is 2.07. The van der Waals surface area contributed by atoms with E-state index < -0.39 is 0 Å². The Morgan fingerprint density at radius 3 is 2.50 bits per heavy atom. The van der Waals surface area contributed by atoms with Crippen LogP contribution in [0.4, 0.5) is 0 Å². The Kier molecular flexibility index (Phi) is 5.11. The third kappa shape index (κ3) is 3.25. The van der Waals surface area contributed by atoms with Crippen molar-refractivity contribution in [1.29, 1.82) is 10.5 Å². The van der Waals surface area contributed by atoms with E-state index in [1.54, 1.807) is 12.2 Å². The highest BCUT2D eigenvalue weighted by Crippen LogP contribution is 2.10. The van der Waals surface area contributed by atoms with E-state index >= 15 is 0 Å². The first-order valence-corrected chi connectivity index (χ1v) is 7.84. The summed E-state index contributed by atoms with van der Waals surface area (Å²) in [5.41, 5.74) is 0.569. The highest BCUT2D eigenvalue weighted by atomic mass is 79.9. The summed E-state index contributed by atoms with van der Waals surface area (Å²) in [5.74, 6) is 0. The Labute approximate surface area is 139 Å². The third-order valence-corrected chi connectivity index (χ3v) is 4.48. The van der Waals surface area contributed by atoms with E-state index in [0.29, 0.717) is 9.20 Å². The van der Waals surface area contributed by atoms with Crippen molar-refractivity contribution in [3.63, 3.8) is 0 Å². The summed E-state index contributed by atoms with van der Waals surface area (Å²) in [4.78, 5) is 12.4. The van der Waals surface area contributed by atoms with Gasteiger partial charge in [0, 0.05) is 11.0 Å². The van der Waals surface area contributed by atoms with Crippen molar-refractivity contribution in [2.45, 2.75) is 6.54 Å². The zero-order valence-corrected chi connectivity index (χ0v) is 13.8. The molecule has 0 radical (unpaired) electrons. The van der Waals surface area contributed by atoms with Gasteiger partial charge in [0.1, 0.15) is 16.8 Å². The fourth-order valence-corrected chi connectivity index (χ4v) is 3.16. The second-order valence-electron chi connectivity index (χ2n) is 4.27. The van der Waals surface area contributed by atoms with Crippen LogP contribution in [-0.4, -0.2) is 4.57 Å². The van der Waals surface area contributed by atoms with E-state index in [-0.39, 0.29) is 17.7 Å². The summed E-state index contributed by atoms with van der Waals surface area (Å²) >= 11 is 4.49. The standard InChI is InChI=1S/C16H10BrN3OS/c1-2-7-20-15(21)14(22-16(20)12(9-18)10-19)8-11-3-5-13(17)6-4-11/h2-6,8H,1,7H2/b14-8+. The maximum atomic E-state index is 12.4. The van der Waals surface area contributed by atoms with Crippen LogP contribution in [0.15, 0.2) is 46.2 Å². The molecule has 0 spiro atoms. The Bertz CT molecular complexity index is 953. The Morgan fingerprint density at radius 2 is 1.95 bits per heavy atom. The monoisotopic (exact) mass is 371 g/mol. The van der Waals surface area contributed by atoms with Crippen molar-refractivity contribution in [1.82, 2.24) is 4.57 Å². The lowest BCUT2D eigenvalue weighted by atomic mass is 10.2. The van der Waals surface area contributed by atoms with Gasteiger partial charge < -0.3 is 0 Å². The summed E-state index contributed by atoms with van der Waals surface area (Å²) < 4.78 is 3.18. The molecule has 0 aliphatic carbocycles. The summed E-state index contributed by atoms with van der Waals surface area (Å²) in [5, 5.41) is 18.1. The average molecular weight is 372 g/mol. The van der Waals surface area contributed by atoms with Gasteiger partial charge >= 0.3 is 0 Å². The molecule has 0 atom stereocenters. The lowest BCUT2D eigenvalue weighted by Gasteiger charge is -1.94. The Morgan fingerprint density at radius 1 is 1.32 bits per heavy atom. The maximum absolute atomic E-state index is 12.4. The van der Waals surface area contributed by atoms with Crippen molar-refractivity contribution >= 4 is 38.9 Å². The molecule has 1 aromatic heterocycles. The van der Waals surface area contributed by atoms with E-state index in [1.807, 2.05) is 36.4 Å². The van der Waals surface area contributed by atoms with Gasteiger partial charge in [0.25, 0.3) is 5.56 Å². The van der Waals surface area contributed by atoms with Gasteiger partial charge in [-0.25, -0.2) is 0 Å². The molecule has 0 N–H and O–H groups in total. The van der Waals surface area contributed by atoms with Gasteiger partial charge in [-0.05, 0) is 23.8 Å². The van der Waals surface area contributed by atoms with Crippen molar-refractivity contribution < 1.29 is 0 Å². The molecule has 1 aromatic carbocycles. The molecule has 0 aliphatic rings. The minimum absolute atomic E-state index is 0.0700. The second kappa shape index (κ2) is 7.04. The van der Waals surface area contributed by atoms with Crippen molar-refractivity contribution in [2.24, 2.45) is 0 Å². The first-order chi connectivity index (χ1) is 10.6. The lowest BCUT2D eigenvalue weighted by molar-refractivity contribution is 0.775. The van der Waals surface area contributed by atoms with Crippen LogP contribution < -0.4 is 14.8 Å². The molecule has 0 saturated heterocycles. The Balaban J connectivity index is 2.78. The molecule has 0 unspecified atom stereocenters. The quantitative estimate of drug-likeness (QED) is 0.773. The van der Waals surface area contributed by atoms with Crippen LogP contribution in [-0.2, 0) is 6.54 Å². The van der Waals surface area contributed by atoms with E-state index in [2.05, 4.69) is 22.5 Å². The molecule has 0 saturated carbocycles. The van der Waals surface area contributed by atoms with Gasteiger partial charge in [0.15, 0.2) is 5.57 Å². The number of rotatable bonds is 3. The normalized spacial score (nSPS) is 10.8. The number of nitrogens with zero attached hydrogens (tertiary/aromatic N) is 3. The molecule has 6 heteroatoms. The molecule has 0 fully saturated rings. The average Bonchev–Trinajstić information content (AvgIpc) is 2.81. The number of hydrogen-bond acceptors (Lipinski definition) is 4. The first kappa shape index (κ1) is 16.0. The van der Waals surface area contributed by atoms with Gasteiger partial charge in [-0.2, -0.15) is 10.5 Å². The molecular weight excluding hydrogens is 362 g/mol. The SMILES string of the molecule is C=CCn1c(=C(C#N)C#N)s/c(=C/c2ccc(Br)cc2)c1=O. The lowest BCUT2D eigenvalue weighted by Crippen LogP contribution is -2.31. The Hall–Kier alpha value is -2.41. The molecular formula is C16H10BrN3OS. The van der Waals surface area contributed by atoms with Crippen LogP contribution in [0.25, 0.3) is 11.6 Å². The molecule has 1 heterocycles. The molecule has 4 nitrogen and oxygen atoms in total. The number of allylic oxidation sites excluding steroid dienone is 1. The molecule has 108 valence electrons. The molecule has 2 rings (SSSR count). The van der Waals surface area contributed by atoms with Crippen LogP contribution in [0.1, 0.15) is 5.56 Å². The van der Waals surface area contributed by atoms with Crippen molar-refractivity contribution in [3.05, 3.63) is 66.5 Å². The van der Waals surface area contributed by atoms with Crippen LogP contribution >= 0.6 is 27.3 Å². The van der Waals surface area contributed by atoms with E-state index in [4.69, 9.17) is 10.5 Å². The number of nitriles is 2. The molecule has 22 heavy (non-hydrogen) atoms. The predicted molar refractivity (Wildman–Crippen MR) is 90.4 cm³/mol. The summed E-state index contributed by atoms with van der Waals surface area (Å²) in [6.07, 6.45) is 3.31. The molecule has 0 aliphatic heterocycles. The van der Waals surface area contributed by atoms with E-state index in [9.17, 15) is 4.79 Å². The summed E-state index contributed by atoms with van der Waals surface area (Å²) in [7, 11) is 0. The fraction of sp³-hybridized carbons (Fsp3) is 0.0625. The minimum atomic E-state index is -0.231. The number of hydrogen-bond donors (Lipinski definition) is 0. The molecule has 0 bridgehead atoms. The van der Waals surface area contributed by atoms with Crippen LogP contribution in [0.3, 0.4) is 0 Å². The van der Waals surface area contributed by atoms with E-state index in [1.165, 1.54) is 4.57 Å². The van der Waals surface area contributed by atoms with Gasteiger partial charge in [0.2, 0.25) is 0 Å². The number of thiazole rings is 1. The summed E-state index contributed by atoms with van der Waals surface area (Å²) in [6.45, 7) is 3.86. The van der Waals surface area contributed by atoms with Crippen molar-refractivity contribution in [3.8, 4) is 12.1 Å². The number of aromatic nitrogens is 1. The number of halogens is 1. The number of benzene rings is 1. The first-order valence-electron chi connectivity index (χ1n) is 6.23. The van der Waals surface area contributed by atoms with Crippen LogP contribution in [0, 0.1) is 22.7 Å². The van der Waals surface area contributed by atoms with E-state index in [0.717, 1.165) is 21.4 Å². The molecule has 2 aromatic rings. The van der Waals surface area contributed by atoms with Crippen LogP contribution in [0.2, 0.25) is 0 Å². The third-order valence-electron chi connectivity index (χ3n) is 2.82.